The van der Waals surface area contributed by atoms with E-state index in [2.05, 4.69) is 6.07 Å². The van der Waals surface area contributed by atoms with Crippen LogP contribution in [0.15, 0.2) is 72.1 Å². The van der Waals surface area contributed by atoms with E-state index in [1.165, 1.54) is 18.2 Å². The van der Waals surface area contributed by atoms with Crippen LogP contribution in [0.1, 0.15) is 28.2 Å². The molecule has 0 radical (unpaired) electrons. The SMILES string of the molecule is Cc1cc(C)cc(OCC(=O)Oc2ccc3c(c2)OC(N)=C(C#N)C3c2cccc(F)c2)c1. The Labute approximate surface area is 190 Å². The number of rotatable bonds is 5. The van der Waals surface area contributed by atoms with E-state index >= 15 is 0 Å². The van der Waals surface area contributed by atoms with Crippen molar-refractivity contribution in [2.24, 2.45) is 5.73 Å². The first-order valence-corrected chi connectivity index (χ1v) is 10.2. The van der Waals surface area contributed by atoms with E-state index in [4.69, 9.17) is 19.9 Å². The zero-order valence-corrected chi connectivity index (χ0v) is 18.1. The molecule has 33 heavy (non-hydrogen) atoms. The summed E-state index contributed by atoms with van der Waals surface area (Å²) in [7, 11) is 0. The Balaban J connectivity index is 1.54. The number of hydrogen-bond acceptors (Lipinski definition) is 6. The Kier molecular flexibility index (Phi) is 6.01. The Morgan fingerprint density at radius 1 is 1.09 bits per heavy atom. The van der Waals surface area contributed by atoms with E-state index in [9.17, 15) is 14.4 Å². The second-order valence-electron chi connectivity index (χ2n) is 7.77. The third-order valence-corrected chi connectivity index (χ3v) is 5.16. The molecule has 3 aromatic carbocycles. The highest BCUT2D eigenvalue weighted by atomic mass is 19.1. The molecule has 1 atom stereocenters. The van der Waals surface area contributed by atoms with Crippen LogP contribution in [0.25, 0.3) is 0 Å². The van der Waals surface area contributed by atoms with Gasteiger partial charge in [0.15, 0.2) is 6.61 Å². The van der Waals surface area contributed by atoms with E-state index in [0.717, 1.165) is 11.1 Å². The van der Waals surface area contributed by atoms with E-state index in [-0.39, 0.29) is 23.8 Å². The summed E-state index contributed by atoms with van der Waals surface area (Å²) in [6.07, 6.45) is 0. The summed E-state index contributed by atoms with van der Waals surface area (Å²) in [6, 6.07) is 18.4. The monoisotopic (exact) mass is 444 g/mol. The summed E-state index contributed by atoms with van der Waals surface area (Å²) in [5.74, 6) is -0.570. The zero-order chi connectivity index (χ0) is 23.5. The maximum Gasteiger partial charge on any atom is 0.349 e. The smallest absolute Gasteiger partial charge is 0.349 e. The van der Waals surface area contributed by atoms with Crippen LogP contribution in [0.3, 0.4) is 0 Å². The van der Waals surface area contributed by atoms with Gasteiger partial charge in [-0.05, 0) is 60.9 Å². The first kappa shape index (κ1) is 21.9. The lowest BCUT2D eigenvalue weighted by molar-refractivity contribution is -0.136. The molecule has 166 valence electrons. The first-order chi connectivity index (χ1) is 15.8. The molecule has 6 nitrogen and oxygen atoms in total. The predicted molar refractivity (Wildman–Crippen MR) is 119 cm³/mol. The molecule has 2 N–H and O–H groups in total. The average Bonchev–Trinajstić information content (AvgIpc) is 2.76. The van der Waals surface area contributed by atoms with Crippen molar-refractivity contribution in [3.63, 3.8) is 0 Å². The third-order valence-electron chi connectivity index (χ3n) is 5.16. The van der Waals surface area contributed by atoms with Gasteiger partial charge in [0.05, 0.1) is 5.92 Å². The minimum atomic E-state index is -0.605. The van der Waals surface area contributed by atoms with Gasteiger partial charge in [0.2, 0.25) is 5.88 Å². The van der Waals surface area contributed by atoms with Gasteiger partial charge in [-0.3, -0.25) is 0 Å². The molecular weight excluding hydrogens is 423 g/mol. The van der Waals surface area contributed by atoms with Crippen LogP contribution >= 0.6 is 0 Å². The number of nitrogens with zero attached hydrogens (tertiary/aromatic N) is 1. The average molecular weight is 444 g/mol. The van der Waals surface area contributed by atoms with Gasteiger partial charge in [-0.15, -0.1) is 0 Å². The summed E-state index contributed by atoms with van der Waals surface area (Å²) in [4.78, 5) is 12.3. The maximum atomic E-state index is 13.8. The standard InChI is InChI=1S/C26H21FN2O4/c1-15-8-16(2)10-20(9-15)31-14-24(30)32-19-6-7-21-23(12-19)33-26(29)22(13-28)25(21)17-4-3-5-18(27)11-17/h3-12,25H,14,29H2,1-2H3. The van der Waals surface area contributed by atoms with Crippen molar-refractivity contribution in [3.8, 4) is 23.3 Å². The van der Waals surface area contributed by atoms with Crippen molar-refractivity contribution in [2.45, 2.75) is 19.8 Å². The fourth-order valence-corrected chi connectivity index (χ4v) is 3.85. The molecule has 0 spiro atoms. The van der Waals surface area contributed by atoms with Crippen LogP contribution in [0.5, 0.6) is 17.2 Å². The van der Waals surface area contributed by atoms with Crippen molar-refractivity contribution < 1.29 is 23.4 Å². The van der Waals surface area contributed by atoms with Crippen molar-refractivity contribution >= 4 is 5.97 Å². The summed E-state index contributed by atoms with van der Waals surface area (Å²) in [5.41, 5.74) is 9.38. The summed E-state index contributed by atoms with van der Waals surface area (Å²) in [6.45, 7) is 3.62. The number of nitrogens with two attached hydrogens (primary N) is 1. The molecule has 0 amide bonds. The molecule has 0 aromatic heterocycles. The Morgan fingerprint density at radius 3 is 2.55 bits per heavy atom. The largest absolute Gasteiger partial charge is 0.482 e. The lowest BCUT2D eigenvalue weighted by Crippen LogP contribution is -2.21. The molecule has 0 saturated heterocycles. The highest BCUT2D eigenvalue weighted by Crippen LogP contribution is 2.43. The van der Waals surface area contributed by atoms with Gasteiger partial charge in [0, 0.05) is 11.6 Å². The van der Waals surface area contributed by atoms with E-state index in [0.29, 0.717) is 22.6 Å². The predicted octanol–water partition coefficient (Wildman–Crippen LogP) is 4.65. The van der Waals surface area contributed by atoms with Gasteiger partial charge in [-0.25, -0.2) is 9.18 Å². The first-order valence-electron chi connectivity index (χ1n) is 10.2. The van der Waals surface area contributed by atoms with Crippen LogP contribution in [0.4, 0.5) is 4.39 Å². The summed E-state index contributed by atoms with van der Waals surface area (Å²) in [5, 5.41) is 9.60. The van der Waals surface area contributed by atoms with Gasteiger partial charge in [0.1, 0.15) is 34.7 Å². The van der Waals surface area contributed by atoms with E-state index in [1.54, 1.807) is 24.3 Å². The zero-order valence-electron chi connectivity index (χ0n) is 18.1. The Hall–Kier alpha value is -4.31. The van der Waals surface area contributed by atoms with Crippen LogP contribution in [-0.4, -0.2) is 12.6 Å². The van der Waals surface area contributed by atoms with Gasteiger partial charge in [-0.2, -0.15) is 5.26 Å². The quantitative estimate of drug-likeness (QED) is 0.455. The Bertz CT molecular complexity index is 1290. The number of allylic oxidation sites excluding steroid dienone is 1. The number of esters is 1. The number of carbonyl (C=O) groups is 1. The fraction of sp³-hybridized carbons (Fsp3) is 0.154. The van der Waals surface area contributed by atoms with Crippen LogP contribution in [-0.2, 0) is 4.79 Å². The summed E-state index contributed by atoms with van der Waals surface area (Å²) < 4.78 is 30.4. The molecule has 1 aliphatic heterocycles. The van der Waals surface area contributed by atoms with Crippen molar-refractivity contribution in [2.75, 3.05) is 6.61 Å². The number of ether oxygens (including phenoxy) is 3. The van der Waals surface area contributed by atoms with Crippen molar-refractivity contribution in [1.82, 2.24) is 0 Å². The van der Waals surface area contributed by atoms with Gasteiger partial charge < -0.3 is 19.9 Å². The molecule has 0 bridgehead atoms. The van der Waals surface area contributed by atoms with Crippen LogP contribution in [0, 0.1) is 31.0 Å². The number of nitriles is 1. The fourth-order valence-electron chi connectivity index (χ4n) is 3.85. The number of hydrogen-bond donors (Lipinski definition) is 1. The number of carbonyl (C=O) groups excluding carboxylic acids is 1. The Morgan fingerprint density at radius 2 is 1.85 bits per heavy atom. The number of benzene rings is 3. The van der Waals surface area contributed by atoms with E-state index in [1.807, 2.05) is 32.0 Å². The molecule has 4 rings (SSSR count). The van der Waals surface area contributed by atoms with E-state index < -0.39 is 17.7 Å². The van der Waals surface area contributed by atoms with Gasteiger partial charge >= 0.3 is 5.97 Å². The van der Waals surface area contributed by atoms with Crippen LogP contribution < -0.4 is 19.9 Å². The molecule has 1 unspecified atom stereocenters. The molecule has 0 fully saturated rings. The molecule has 3 aromatic rings. The second kappa shape index (κ2) is 9.05. The minimum absolute atomic E-state index is 0.0825. The van der Waals surface area contributed by atoms with Crippen molar-refractivity contribution in [3.05, 3.63) is 100 Å². The number of halogens is 1. The minimum Gasteiger partial charge on any atom is -0.482 e. The molecule has 0 aliphatic carbocycles. The second-order valence-corrected chi connectivity index (χ2v) is 7.77. The third kappa shape index (κ3) is 4.80. The van der Waals surface area contributed by atoms with Crippen molar-refractivity contribution in [1.29, 1.82) is 5.26 Å². The number of fused-ring (bicyclic) bond motifs is 1. The summed E-state index contributed by atoms with van der Waals surface area (Å²) >= 11 is 0. The topological polar surface area (TPSA) is 94.6 Å². The highest BCUT2D eigenvalue weighted by molar-refractivity contribution is 5.74. The molecule has 1 aliphatic rings. The van der Waals surface area contributed by atoms with Crippen LogP contribution in [0.2, 0.25) is 0 Å². The maximum absolute atomic E-state index is 13.8. The molecule has 7 heteroatoms. The van der Waals surface area contributed by atoms with Gasteiger partial charge in [-0.1, -0.05) is 24.3 Å². The lowest BCUT2D eigenvalue weighted by Gasteiger charge is -2.26. The number of aryl methyl sites for hydroxylation is 2. The van der Waals surface area contributed by atoms with Gasteiger partial charge in [0.25, 0.3) is 0 Å². The molecule has 1 heterocycles. The normalized spacial score (nSPS) is 14.7. The lowest BCUT2D eigenvalue weighted by atomic mass is 9.83. The molecular formula is C26H21FN2O4. The molecule has 0 saturated carbocycles. The highest BCUT2D eigenvalue weighted by Gasteiger charge is 2.31.